The molecule has 2 aromatic rings. The van der Waals surface area contributed by atoms with Crippen LogP contribution in [0.2, 0.25) is 0 Å². The first-order valence-electron chi connectivity index (χ1n) is 8.73. The summed E-state index contributed by atoms with van der Waals surface area (Å²) in [7, 11) is -3.25. The highest BCUT2D eigenvalue weighted by Crippen LogP contribution is 2.25. The van der Waals surface area contributed by atoms with Gasteiger partial charge in [0.25, 0.3) is 0 Å². The Bertz CT molecular complexity index is 782. The monoisotopic (exact) mass is 347 g/mol. The molecule has 1 aliphatic rings. The van der Waals surface area contributed by atoms with Crippen molar-refractivity contribution in [3.05, 3.63) is 47.5 Å². The summed E-state index contributed by atoms with van der Waals surface area (Å²) in [5, 5.41) is 0. The van der Waals surface area contributed by atoms with Crippen LogP contribution in [0.5, 0.6) is 0 Å². The van der Waals surface area contributed by atoms with E-state index in [0.29, 0.717) is 6.42 Å². The van der Waals surface area contributed by atoms with E-state index in [1.165, 1.54) is 5.69 Å². The molecule has 0 atom stereocenters. The lowest BCUT2D eigenvalue weighted by molar-refractivity contribution is 0.575. The molecule has 0 unspecified atom stereocenters. The largest absolute Gasteiger partial charge is 0.299 e. The molecule has 24 heavy (non-hydrogen) atoms. The highest BCUT2D eigenvalue weighted by molar-refractivity contribution is 7.89. The van der Waals surface area contributed by atoms with E-state index in [1.54, 1.807) is 0 Å². The summed E-state index contributed by atoms with van der Waals surface area (Å²) in [4.78, 5) is 4.75. The van der Waals surface area contributed by atoms with Gasteiger partial charge in [-0.05, 0) is 44.2 Å². The van der Waals surface area contributed by atoms with E-state index in [2.05, 4.69) is 9.29 Å². The molecule has 0 radical (unpaired) electrons. The zero-order valence-corrected chi connectivity index (χ0v) is 15.0. The molecule has 1 N–H and O–H groups in total. The Hall–Kier alpha value is -1.66. The average molecular weight is 347 g/mol. The lowest BCUT2D eigenvalue weighted by Gasteiger charge is -2.15. The van der Waals surface area contributed by atoms with Crippen molar-refractivity contribution in [3.63, 3.8) is 0 Å². The number of aromatic nitrogens is 2. The van der Waals surface area contributed by atoms with Gasteiger partial charge in [-0.1, -0.05) is 31.5 Å². The first kappa shape index (κ1) is 17.2. The second-order valence-electron chi connectivity index (χ2n) is 6.29. The molecule has 0 bridgehead atoms. The van der Waals surface area contributed by atoms with Gasteiger partial charge in [-0.25, -0.2) is 18.1 Å². The number of para-hydroxylation sites is 1. The highest BCUT2D eigenvalue weighted by atomic mass is 32.2. The third kappa shape index (κ3) is 3.87. The number of aryl methyl sites for hydroxylation is 1. The number of sulfonamides is 1. The maximum Gasteiger partial charge on any atom is 0.212 e. The van der Waals surface area contributed by atoms with Crippen LogP contribution in [0.4, 0.5) is 0 Å². The quantitative estimate of drug-likeness (QED) is 0.837. The van der Waals surface area contributed by atoms with Gasteiger partial charge >= 0.3 is 0 Å². The van der Waals surface area contributed by atoms with Crippen LogP contribution in [0.25, 0.3) is 5.69 Å². The van der Waals surface area contributed by atoms with Crippen LogP contribution >= 0.6 is 0 Å². The number of fused-ring (bicyclic) bond motifs is 1. The maximum absolute atomic E-state index is 12.1. The van der Waals surface area contributed by atoms with Crippen LogP contribution in [0.3, 0.4) is 0 Å². The summed E-state index contributed by atoms with van der Waals surface area (Å²) < 4.78 is 29.1. The van der Waals surface area contributed by atoms with E-state index in [-0.39, 0.29) is 12.3 Å². The fraction of sp³-hybridized carbons (Fsp3) is 0.500. The van der Waals surface area contributed by atoms with Gasteiger partial charge in [0, 0.05) is 11.4 Å². The molecule has 0 aliphatic heterocycles. The Balaban J connectivity index is 1.89. The van der Waals surface area contributed by atoms with Crippen molar-refractivity contribution in [1.29, 1.82) is 0 Å². The van der Waals surface area contributed by atoms with Crippen LogP contribution < -0.4 is 4.72 Å². The van der Waals surface area contributed by atoms with Gasteiger partial charge < -0.3 is 0 Å². The number of nitrogens with one attached hydrogen (secondary N) is 1. The molecule has 0 amide bonds. The molecule has 1 heterocycles. The van der Waals surface area contributed by atoms with Gasteiger partial charge in [0.1, 0.15) is 5.82 Å². The lowest BCUT2D eigenvalue weighted by atomic mass is 10.0. The summed E-state index contributed by atoms with van der Waals surface area (Å²) in [6.07, 6.45) is 5.84. The molecule has 0 fully saturated rings. The van der Waals surface area contributed by atoms with E-state index in [0.717, 1.165) is 49.3 Å². The summed E-state index contributed by atoms with van der Waals surface area (Å²) in [5.41, 5.74) is 3.40. The Labute approximate surface area is 144 Å². The number of hydrogen-bond donors (Lipinski definition) is 1. The molecule has 6 heteroatoms. The Morgan fingerprint density at radius 1 is 1.17 bits per heavy atom. The first-order valence-corrected chi connectivity index (χ1v) is 10.4. The molecule has 5 nitrogen and oxygen atoms in total. The zero-order chi connectivity index (χ0) is 17.0. The molecule has 1 aromatic heterocycles. The van der Waals surface area contributed by atoms with Gasteiger partial charge in [-0.15, -0.1) is 0 Å². The summed E-state index contributed by atoms with van der Waals surface area (Å²) in [6, 6.07) is 10.1. The normalized spacial score (nSPS) is 14.5. The van der Waals surface area contributed by atoms with E-state index < -0.39 is 10.0 Å². The number of nitrogens with zero attached hydrogens (tertiary/aromatic N) is 2. The number of hydrogen-bond acceptors (Lipinski definition) is 3. The lowest BCUT2D eigenvalue weighted by Crippen LogP contribution is -2.27. The van der Waals surface area contributed by atoms with Crippen LogP contribution in [0.15, 0.2) is 30.3 Å². The van der Waals surface area contributed by atoms with E-state index in [4.69, 9.17) is 4.98 Å². The second kappa shape index (κ2) is 7.49. The van der Waals surface area contributed by atoms with Crippen LogP contribution in [-0.2, 0) is 29.4 Å². The summed E-state index contributed by atoms with van der Waals surface area (Å²) in [6.45, 7) is 2.24. The van der Waals surface area contributed by atoms with E-state index in [9.17, 15) is 8.42 Å². The van der Waals surface area contributed by atoms with E-state index >= 15 is 0 Å². The highest BCUT2D eigenvalue weighted by Gasteiger charge is 2.21. The van der Waals surface area contributed by atoms with Crippen LogP contribution in [0.1, 0.15) is 49.8 Å². The van der Waals surface area contributed by atoms with Crippen LogP contribution in [0, 0.1) is 0 Å². The predicted octanol–water partition coefficient (Wildman–Crippen LogP) is 2.97. The predicted molar refractivity (Wildman–Crippen MR) is 95.7 cm³/mol. The number of rotatable bonds is 7. The van der Waals surface area contributed by atoms with Crippen molar-refractivity contribution in [1.82, 2.24) is 14.3 Å². The number of imidazole rings is 1. The van der Waals surface area contributed by atoms with Crippen molar-refractivity contribution >= 4 is 10.0 Å². The molecular weight excluding hydrogens is 322 g/mol. The number of unbranched alkanes of at least 4 members (excludes halogenated alkanes) is 1. The average Bonchev–Trinajstić information content (AvgIpc) is 2.97. The third-order valence-electron chi connectivity index (χ3n) is 4.43. The molecule has 3 rings (SSSR count). The molecule has 130 valence electrons. The van der Waals surface area contributed by atoms with Gasteiger partial charge in [-0.2, -0.15) is 0 Å². The summed E-state index contributed by atoms with van der Waals surface area (Å²) in [5.74, 6) is 0.961. The Morgan fingerprint density at radius 3 is 2.67 bits per heavy atom. The van der Waals surface area contributed by atoms with Gasteiger partial charge in [0.05, 0.1) is 18.0 Å². The standard InChI is InChI=1S/C18H25N3O2S/c1-2-3-13-24(22,23)19-14-18-20-16-11-7-8-12-17(16)21(18)15-9-5-4-6-10-15/h4-6,9-10,19H,2-3,7-8,11-14H2,1H3. The summed E-state index contributed by atoms with van der Waals surface area (Å²) >= 11 is 0. The first-order chi connectivity index (χ1) is 11.6. The van der Waals surface area contributed by atoms with Crippen molar-refractivity contribution < 1.29 is 8.42 Å². The minimum atomic E-state index is -3.25. The SMILES string of the molecule is CCCCS(=O)(=O)NCc1nc2c(n1-c1ccccc1)CCCC2. The molecule has 1 aromatic carbocycles. The molecule has 0 spiro atoms. The molecular formula is C18H25N3O2S. The third-order valence-corrected chi connectivity index (χ3v) is 5.84. The minimum absolute atomic E-state index is 0.176. The van der Waals surface area contributed by atoms with Gasteiger partial charge in [0.2, 0.25) is 10.0 Å². The van der Waals surface area contributed by atoms with Crippen molar-refractivity contribution in [2.24, 2.45) is 0 Å². The molecule has 0 saturated heterocycles. The fourth-order valence-electron chi connectivity index (χ4n) is 3.18. The Morgan fingerprint density at radius 2 is 1.92 bits per heavy atom. The smallest absolute Gasteiger partial charge is 0.212 e. The van der Waals surface area contributed by atoms with Gasteiger partial charge in [0.15, 0.2) is 0 Å². The van der Waals surface area contributed by atoms with Gasteiger partial charge in [-0.3, -0.25) is 4.57 Å². The van der Waals surface area contributed by atoms with Crippen molar-refractivity contribution in [3.8, 4) is 5.69 Å². The fourth-order valence-corrected chi connectivity index (χ4v) is 4.34. The molecule has 1 aliphatic carbocycles. The molecule has 0 saturated carbocycles. The number of benzene rings is 1. The van der Waals surface area contributed by atoms with Crippen LogP contribution in [-0.4, -0.2) is 23.7 Å². The van der Waals surface area contributed by atoms with Crippen molar-refractivity contribution in [2.75, 3.05) is 5.75 Å². The second-order valence-corrected chi connectivity index (χ2v) is 8.22. The maximum atomic E-state index is 12.1. The van der Waals surface area contributed by atoms with Crippen molar-refractivity contribution in [2.45, 2.75) is 52.0 Å². The van der Waals surface area contributed by atoms with E-state index in [1.807, 2.05) is 37.3 Å². The zero-order valence-electron chi connectivity index (χ0n) is 14.2. The topological polar surface area (TPSA) is 64.0 Å². The Kier molecular flexibility index (Phi) is 5.36. The minimum Gasteiger partial charge on any atom is -0.299 e.